The van der Waals surface area contributed by atoms with Crippen molar-refractivity contribution < 1.29 is 231 Å². The van der Waals surface area contributed by atoms with Crippen LogP contribution in [-0.4, -0.2) is 81.6 Å². The number of benzene rings is 2. The zero-order chi connectivity index (χ0) is 38.0. The van der Waals surface area contributed by atoms with Crippen molar-refractivity contribution in [3.05, 3.63) is 108 Å². The molecule has 0 saturated heterocycles. The number of rotatable bonds is 16. The van der Waals surface area contributed by atoms with E-state index in [0.29, 0.717) is 44.1 Å². The average Bonchev–Trinajstić information content (AvgIpc) is 3.46. The summed E-state index contributed by atoms with van der Waals surface area (Å²) < 4.78 is 4.53. The van der Waals surface area contributed by atoms with E-state index < -0.39 is 24.1 Å². The summed E-state index contributed by atoms with van der Waals surface area (Å²) in [6.45, 7) is 7.79. The maximum Gasteiger partial charge on any atom is 1.00 e. The van der Waals surface area contributed by atoms with Crippen molar-refractivity contribution in [1.82, 2.24) is 40.8 Å². The second-order valence-corrected chi connectivity index (χ2v) is 14.2. The molecule has 0 radical (unpaired) electrons. The first-order chi connectivity index (χ1) is 25.4. The van der Waals surface area contributed by atoms with E-state index >= 15 is 0 Å². The normalized spacial score (nSPS) is 11.8. The summed E-state index contributed by atoms with van der Waals surface area (Å²) in [5, 5.41) is 7.40. The first-order valence-corrected chi connectivity index (χ1v) is 17.8. The standard InChI is InChI=1S/C39H48N9O5.4CH3.3Cs/c1-25(2)19-35(49)48(24-39(3)16-17-39)23-34-44-29-15-12-27(20-30(29)45-34)9-8-26-10-13-28(14-11-26)31-21-42-33(46-31)7-5-6-18-41-36(50)32(22-43-37(40)51)47-38(52)53-4;;;;;;;/h7,10-15,20-21,25,32H,5-6,16-19,22-24H2,1-4H3,(H,41,50)(H,42,46)(H,44,45)(H,47,52)(H3,40,43,51);4*1H3;;;/q5*-1;3*+1. The molecule has 0 aliphatic heterocycles. The summed E-state index contributed by atoms with van der Waals surface area (Å²) in [4.78, 5) is 65.9. The molecule has 60 heavy (non-hydrogen) atoms. The molecule has 2 heterocycles. The van der Waals surface area contributed by atoms with Gasteiger partial charge in [0.1, 0.15) is 11.9 Å². The number of amides is 5. The molecule has 5 rings (SSSR count). The summed E-state index contributed by atoms with van der Waals surface area (Å²) in [6.07, 6.45) is 7.01. The van der Waals surface area contributed by atoms with E-state index in [0.717, 1.165) is 58.6 Å². The van der Waals surface area contributed by atoms with Crippen LogP contribution in [0.3, 0.4) is 0 Å². The summed E-state index contributed by atoms with van der Waals surface area (Å²) in [5.74, 6) is 7.99. The monoisotopic (exact) mass is 1180 g/mol. The van der Waals surface area contributed by atoms with Crippen LogP contribution in [0.1, 0.15) is 75.7 Å². The smallest absolute Gasteiger partial charge is 0.453 e. The van der Waals surface area contributed by atoms with Gasteiger partial charge in [0.25, 0.3) is 0 Å². The van der Waals surface area contributed by atoms with Crippen molar-refractivity contribution in [1.29, 1.82) is 0 Å². The van der Waals surface area contributed by atoms with Crippen LogP contribution in [0.15, 0.2) is 48.7 Å². The quantitative estimate of drug-likeness (QED) is 0.0395. The van der Waals surface area contributed by atoms with Gasteiger partial charge in [-0.3, -0.25) is 14.6 Å². The second kappa shape index (κ2) is 32.0. The van der Waals surface area contributed by atoms with E-state index in [1.54, 1.807) is 6.20 Å². The van der Waals surface area contributed by atoms with Gasteiger partial charge >= 0.3 is 219 Å². The number of H-pyrrole nitrogens is 2. The van der Waals surface area contributed by atoms with Crippen molar-refractivity contribution in [2.75, 3.05) is 26.7 Å². The Morgan fingerprint density at radius 1 is 0.967 bits per heavy atom. The van der Waals surface area contributed by atoms with Crippen molar-refractivity contribution in [2.24, 2.45) is 17.1 Å². The van der Waals surface area contributed by atoms with Crippen molar-refractivity contribution in [3.63, 3.8) is 0 Å². The van der Waals surface area contributed by atoms with Gasteiger partial charge in [-0.15, -0.1) is 0 Å². The molecule has 5 amide bonds. The molecule has 2 aromatic heterocycles. The largest absolute Gasteiger partial charge is 1.00 e. The Kier molecular flexibility index (Phi) is 34.3. The van der Waals surface area contributed by atoms with E-state index in [-0.39, 0.29) is 254 Å². The number of hydrogen-bond acceptors (Lipinski definition) is 7. The number of imidazole rings is 2. The Bertz CT molecular complexity index is 1990. The SMILES string of the molecule is COC(=O)NC(CNC(N)=O)C(=O)NCCC[CH-]c1ncc(-c2ccc(C#Cc3ccc4nc(CN(CC5(C)CC5)C(=O)CC(C)C)[nH]c4c3)cc2)[nH]1.[CH3-].[CH3-].[CH3-].[CH3-].[Cs+].[Cs+].[Cs+]. The maximum atomic E-state index is 13.0. The van der Waals surface area contributed by atoms with E-state index in [1.807, 2.05) is 53.8 Å². The number of ether oxygens (including phenoxy) is 1. The fourth-order valence-electron chi connectivity index (χ4n) is 5.69. The first-order valence-electron chi connectivity index (χ1n) is 17.8. The minimum atomic E-state index is -1.03. The molecule has 2 aromatic carbocycles. The number of urea groups is 1. The van der Waals surface area contributed by atoms with Crippen molar-refractivity contribution in [3.8, 4) is 23.1 Å². The molecular weight excluding hydrogens is 1120 g/mol. The van der Waals surface area contributed by atoms with Crippen LogP contribution in [0.2, 0.25) is 0 Å². The van der Waals surface area contributed by atoms with E-state index in [1.165, 1.54) is 7.11 Å². The molecule has 17 heteroatoms. The van der Waals surface area contributed by atoms with Gasteiger partial charge in [-0.1, -0.05) is 51.2 Å². The maximum absolute atomic E-state index is 13.0. The molecule has 1 saturated carbocycles. The number of nitrogens with zero attached hydrogens (tertiary/aromatic N) is 3. The topological polar surface area (TPSA) is 200 Å². The number of primary amides is 1. The van der Waals surface area contributed by atoms with Gasteiger partial charge in [0, 0.05) is 43.4 Å². The number of nitrogens with one attached hydrogen (secondary N) is 5. The number of hydrogen-bond donors (Lipinski definition) is 6. The van der Waals surface area contributed by atoms with Gasteiger partial charge in [-0.05, 0) is 65.9 Å². The van der Waals surface area contributed by atoms with Gasteiger partial charge in [-0.2, -0.15) is 6.42 Å². The fourth-order valence-corrected chi connectivity index (χ4v) is 5.69. The zero-order valence-corrected chi connectivity index (χ0v) is 56.5. The number of aromatic nitrogens is 4. The van der Waals surface area contributed by atoms with Gasteiger partial charge in [0.2, 0.25) is 11.8 Å². The summed E-state index contributed by atoms with van der Waals surface area (Å²) in [5.41, 5.74) is 10.6. The molecule has 1 aliphatic rings. The molecule has 0 spiro atoms. The first kappa shape index (κ1) is 64.5. The van der Waals surface area contributed by atoms with E-state index in [2.05, 4.69) is 68.3 Å². The molecule has 1 fully saturated rings. The third-order valence-electron chi connectivity index (χ3n) is 8.92. The minimum Gasteiger partial charge on any atom is -0.453 e. The summed E-state index contributed by atoms with van der Waals surface area (Å²) >= 11 is 0. The van der Waals surface area contributed by atoms with Crippen LogP contribution >= 0.6 is 0 Å². The third kappa shape index (κ3) is 21.4. The van der Waals surface area contributed by atoms with E-state index in [4.69, 9.17) is 10.7 Å². The van der Waals surface area contributed by atoms with Crippen molar-refractivity contribution >= 4 is 35.0 Å². The van der Waals surface area contributed by atoms with Gasteiger partial charge < -0.3 is 77.4 Å². The molecule has 1 atom stereocenters. The molecule has 4 aromatic rings. The average molecular weight is 1180 g/mol. The predicted octanol–water partition coefficient (Wildman–Crippen LogP) is -2.82. The Hall–Kier alpha value is 0.186. The molecule has 0 bridgehead atoms. The molecule has 7 N–H and O–H groups in total. The Morgan fingerprint density at radius 2 is 1.62 bits per heavy atom. The van der Waals surface area contributed by atoms with Crippen LogP contribution in [0.25, 0.3) is 22.3 Å². The van der Waals surface area contributed by atoms with Crippen LogP contribution in [0.5, 0.6) is 0 Å². The van der Waals surface area contributed by atoms with Crippen LogP contribution in [0, 0.1) is 59.3 Å². The van der Waals surface area contributed by atoms with Gasteiger partial charge in [0.15, 0.2) is 0 Å². The number of alkyl carbamates (subject to hydrolysis) is 1. The number of nitrogens with two attached hydrogens (primary N) is 1. The summed E-state index contributed by atoms with van der Waals surface area (Å²) in [7, 11) is 1.18. The van der Waals surface area contributed by atoms with Crippen molar-refractivity contribution in [2.45, 2.75) is 65.5 Å². The number of carbonyl (C=O) groups excluding carboxylic acids is 4. The van der Waals surface area contributed by atoms with Gasteiger partial charge in [-0.25, -0.2) is 14.6 Å². The third-order valence-corrected chi connectivity index (χ3v) is 8.92. The van der Waals surface area contributed by atoms with Gasteiger partial charge in [0.05, 0.1) is 30.4 Å². The number of unbranched alkanes of at least 4 members (excludes halogenated alkanes) is 1. The number of carbonyl (C=O) groups is 4. The molecular formula is C43H60Cs3N9O5-2. The number of methoxy groups -OCH3 is 1. The predicted molar refractivity (Wildman–Crippen MR) is 227 cm³/mol. The number of fused-ring (bicyclic) bond motifs is 1. The van der Waals surface area contributed by atoms with Crippen LogP contribution < -0.4 is 228 Å². The van der Waals surface area contributed by atoms with Crippen LogP contribution in [0.4, 0.5) is 9.59 Å². The van der Waals surface area contributed by atoms with E-state index in [9.17, 15) is 19.2 Å². The molecule has 1 unspecified atom stereocenters. The molecule has 1 aliphatic carbocycles. The molecule has 14 nitrogen and oxygen atoms in total. The number of aromatic amines is 2. The van der Waals surface area contributed by atoms with Crippen LogP contribution in [-0.2, 0) is 20.9 Å². The Labute approximate surface area is 534 Å². The summed E-state index contributed by atoms with van der Waals surface area (Å²) in [6, 6.07) is 12.0. The zero-order valence-electron chi connectivity index (χ0n) is 37.7. The second-order valence-electron chi connectivity index (χ2n) is 14.2. The molecule has 312 valence electrons. The Balaban J connectivity index is -0.00000464. The Morgan fingerprint density at radius 3 is 2.23 bits per heavy atom. The minimum absolute atomic E-state index is 0. The fraction of sp³-hybridized carbons (Fsp3) is 0.372.